The highest BCUT2D eigenvalue weighted by Gasteiger charge is 2.22. The van der Waals surface area contributed by atoms with Crippen molar-refractivity contribution in [2.75, 3.05) is 59.0 Å². The molecule has 1 atom stereocenters. The maximum Gasteiger partial charge on any atom is 0.311 e. The number of rotatable bonds is 30. The molecule has 0 bridgehead atoms. The number of carboxylic acids is 1. The van der Waals surface area contributed by atoms with Gasteiger partial charge in [0.25, 0.3) is 0 Å². The van der Waals surface area contributed by atoms with Crippen LogP contribution < -0.4 is 20.5 Å². The number of amides is 1. The Bertz CT molecular complexity index is 1670. The number of hydrogen-bond donors (Lipinski definition) is 3. The van der Waals surface area contributed by atoms with Gasteiger partial charge in [0.05, 0.1) is 25.4 Å². The minimum Gasteiger partial charge on any atom is -0.481 e. The van der Waals surface area contributed by atoms with Crippen molar-refractivity contribution in [3.8, 4) is 11.5 Å². The second-order valence-corrected chi connectivity index (χ2v) is 20.8. The number of carbonyl (C=O) groups is 4. The van der Waals surface area contributed by atoms with Gasteiger partial charge in [-0.3, -0.25) is 19.2 Å². The van der Waals surface area contributed by atoms with Crippen molar-refractivity contribution in [2.24, 2.45) is 5.73 Å². The van der Waals surface area contributed by atoms with E-state index in [-0.39, 0.29) is 72.2 Å². The molecule has 4 N–H and O–H groups in total. The standard InChI is InChI=1S/C26H44N2O3.C16H22O4.C10H24N2.C5H8Cl2O/c1-7-9-17-28(18-10-8-2)19-16-27-24(29)14-15-25(30)31-26-22(20(3)4)12-11-13-23(26)21(5)6;1-10(2)12-6-5-7-13(11(3)4)16(12)20-15(19)9-8-14(17)18;1-3-5-8-12(10-7-11)9-6-4-2;6-5(7)4-2-1-3-8-4/h11-13,20-21H,7-10,14-19H2,1-6H3,(H,27,29);5-7,10-11H,8-9H2,1-4H3,(H,17,18);3-11H2,1-2H3;4-5H,1-3H2. The van der Waals surface area contributed by atoms with Gasteiger partial charge in [-0.1, -0.05) is 145 Å². The van der Waals surface area contributed by atoms with Gasteiger partial charge < -0.3 is 40.2 Å². The van der Waals surface area contributed by atoms with E-state index >= 15 is 0 Å². The van der Waals surface area contributed by atoms with Gasteiger partial charge in [0, 0.05) is 39.2 Å². The van der Waals surface area contributed by atoms with Crippen LogP contribution in [0, 0.1) is 0 Å². The molecular weight excluding hydrogens is 940 g/mol. The van der Waals surface area contributed by atoms with Crippen molar-refractivity contribution in [1.82, 2.24) is 15.1 Å². The SMILES string of the molecule is CC(C)c1cccc(C(C)C)c1OC(=O)CCC(=O)O.CCCCN(CCCC)CCNC(=O)CCC(=O)Oc1c(C(C)C)cccc1C(C)C.CCCCN(CCN)CCCC.ClC(Cl)C1CCCO1. The molecule has 1 aliphatic heterocycles. The third-order valence-electron chi connectivity index (χ3n) is 11.9. The molecule has 2 aromatic rings. The molecule has 14 heteroatoms. The summed E-state index contributed by atoms with van der Waals surface area (Å²) in [6, 6.07) is 11.9. The minimum absolute atomic E-state index is 0.0885. The van der Waals surface area contributed by atoms with Gasteiger partial charge in [0.1, 0.15) is 16.3 Å². The smallest absolute Gasteiger partial charge is 0.311 e. The average Bonchev–Trinajstić information content (AvgIpc) is 3.88. The van der Waals surface area contributed by atoms with E-state index in [4.69, 9.17) is 48.3 Å². The lowest BCUT2D eigenvalue weighted by Crippen LogP contribution is -2.36. The van der Waals surface area contributed by atoms with E-state index in [2.05, 4.69) is 70.5 Å². The molecule has 0 aliphatic carbocycles. The third-order valence-corrected chi connectivity index (χ3v) is 12.5. The number of ether oxygens (including phenoxy) is 3. The maximum absolute atomic E-state index is 12.5. The number of halogens is 2. The number of alkyl halides is 2. The van der Waals surface area contributed by atoms with E-state index in [0.717, 1.165) is 74.4 Å². The van der Waals surface area contributed by atoms with E-state index in [9.17, 15) is 19.2 Å². The van der Waals surface area contributed by atoms with Crippen LogP contribution in [0.15, 0.2) is 36.4 Å². The lowest BCUT2D eigenvalue weighted by molar-refractivity contribution is -0.142. The lowest BCUT2D eigenvalue weighted by Gasteiger charge is -2.22. The van der Waals surface area contributed by atoms with Crippen molar-refractivity contribution in [1.29, 1.82) is 0 Å². The fourth-order valence-corrected chi connectivity index (χ4v) is 7.98. The summed E-state index contributed by atoms with van der Waals surface area (Å²) in [5.74, 6) is 0.300. The molecule has 0 radical (unpaired) electrons. The summed E-state index contributed by atoms with van der Waals surface area (Å²) >= 11 is 11.0. The summed E-state index contributed by atoms with van der Waals surface area (Å²) < 4.78 is 16.4. The third kappa shape index (κ3) is 31.2. The molecule has 12 nitrogen and oxygen atoms in total. The quantitative estimate of drug-likeness (QED) is 0.0388. The molecule has 1 heterocycles. The number of nitrogens with one attached hydrogen (secondary N) is 1. The Balaban J connectivity index is 0.00000104. The van der Waals surface area contributed by atoms with Crippen LogP contribution >= 0.6 is 23.2 Å². The molecule has 3 rings (SSSR count). The first kappa shape index (κ1) is 67.7. The second-order valence-electron chi connectivity index (χ2n) is 19.6. The highest BCUT2D eigenvalue weighted by atomic mass is 35.5. The number of esters is 2. The normalized spacial score (nSPS) is 13.2. The number of benzene rings is 2. The number of carboxylic acid groups (broad SMARTS) is 1. The Morgan fingerprint density at radius 1 is 0.634 bits per heavy atom. The van der Waals surface area contributed by atoms with Gasteiger partial charge in [0.2, 0.25) is 5.91 Å². The molecule has 1 saturated heterocycles. The first-order valence-corrected chi connectivity index (χ1v) is 27.8. The number of aliphatic carboxylic acids is 1. The number of unbranched alkanes of at least 4 members (excludes halogenated alkanes) is 4. The van der Waals surface area contributed by atoms with Gasteiger partial charge in [-0.05, 0) is 111 Å². The monoisotopic (exact) mass is 1040 g/mol. The van der Waals surface area contributed by atoms with E-state index < -0.39 is 11.9 Å². The molecule has 2 aromatic carbocycles. The summed E-state index contributed by atoms with van der Waals surface area (Å²) in [6.07, 6.45) is 12.0. The van der Waals surface area contributed by atoms with Crippen LogP contribution in [0.3, 0.4) is 0 Å². The topological polar surface area (TPSA) is 161 Å². The van der Waals surface area contributed by atoms with E-state index in [1.54, 1.807) is 0 Å². The summed E-state index contributed by atoms with van der Waals surface area (Å²) in [6.45, 7) is 34.2. The molecular formula is C57H98Cl2N4O8. The molecule has 1 amide bonds. The predicted molar refractivity (Wildman–Crippen MR) is 296 cm³/mol. The Labute approximate surface area is 441 Å². The summed E-state index contributed by atoms with van der Waals surface area (Å²) in [7, 11) is 0. The van der Waals surface area contributed by atoms with Crippen molar-refractivity contribution >= 4 is 47.0 Å². The van der Waals surface area contributed by atoms with Crippen molar-refractivity contribution in [3.05, 3.63) is 58.7 Å². The average molecular weight is 1040 g/mol. The zero-order valence-corrected chi connectivity index (χ0v) is 47.7. The van der Waals surface area contributed by atoms with Crippen LogP contribution in [0.2, 0.25) is 0 Å². The summed E-state index contributed by atoms with van der Waals surface area (Å²) in [5, 5.41) is 11.6. The van der Waals surface area contributed by atoms with Crippen LogP contribution in [0.1, 0.15) is 219 Å². The first-order valence-electron chi connectivity index (χ1n) is 27.0. The molecule has 71 heavy (non-hydrogen) atoms. The fourth-order valence-electron chi connectivity index (χ4n) is 7.58. The molecule has 0 saturated carbocycles. The van der Waals surface area contributed by atoms with Gasteiger partial charge >= 0.3 is 17.9 Å². The van der Waals surface area contributed by atoms with Gasteiger partial charge in [-0.25, -0.2) is 0 Å². The molecule has 408 valence electrons. The number of nitrogens with zero attached hydrogens (tertiary/aromatic N) is 2. The van der Waals surface area contributed by atoms with E-state index in [1.165, 1.54) is 64.5 Å². The van der Waals surface area contributed by atoms with Crippen LogP contribution in [-0.2, 0) is 23.9 Å². The molecule has 1 fully saturated rings. The van der Waals surface area contributed by atoms with E-state index in [0.29, 0.717) is 18.0 Å². The van der Waals surface area contributed by atoms with Crippen LogP contribution in [0.5, 0.6) is 11.5 Å². The van der Waals surface area contributed by atoms with Crippen molar-refractivity contribution in [2.45, 2.75) is 208 Å². The largest absolute Gasteiger partial charge is 0.481 e. The van der Waals surface area contributed by atoms with Gasteiger partial charge in [-0.2, -0.15) is 0 Å². The molecule has 1 aliphatic rings. The fraction of sp³-hybridized carbons (Fsp3) is 0.719. The highest BCUT2D eigenvalue weighted by molar-refractivity contribution is 6.44. The minimum atomic E-state index is -0.997. The summed E-state index contributed by atoms with van der Waals surface area (Å²) in [5.41, 5.74) is 9.54. The molecule has 1 unspecified atom stereocenters. The number of nitrogens with two attached hydrogens (primary N) is 1. The molecule has 0 aromatic heterocycles. The predicted octanol–water partition coefficient (Wildman–Crippen LogP) is 13.2. The first-order chi connectivity index (χ1) is 33.8. The number of carbonyl (C=O) groups excluding carboxylic acids is 3. The van der Waals surface area contributed by atoms with Gasteiger partial charge in [-0.15, -0.1) is 23.2 Å². The van der Waals surface area contributed by atoms with Gasteiger partial charge in [0.15, 0.2) is 0 Å². The van der Waals surface area contributed by atoms with Crippen LogP contribution in [-0.4, -0.2) is 109 Å². The van der Waals surface area contributed by atoms with Crippen molar-refractivity contribution < 1.29 is 38.5 Å². The summed E-state index contributed by atoms with van der Waals surface area (Å²) in [4.78, 5) is 51.5. The maximum atomic E-state index is 12.5. The highest BCUT2D eigenvalue weighted by Crippen LogP contribution is 2.36. The lowest BCUT2D eigenvalue weighted by atomic mass is 9.94. The van der Waals surface area contributed by atoms with E-state index in [1.807, 2.05) is 64.1 Å². The Kier molecular flexibility index (Phi) is 39.2. The number of hydrogen-bond acceptors (Lipinski definition) is 10. The Morgan fingerprint density at radius 2 is 1.01 bits per heavy atom. The van der Waals surface area contributed by atoms with Crippen LogP contribution in [0.4, 0.5) is 0 Å². The second kappa shape index (κ2) is 41.1. The zero-order chi connectivity index (χ0) is 53.7. The van der Waals surface area contributed by atoms with Crippen molar-refractivity contribution in [3.63, 3.8) is 0 Å². The Morgan fingerprint density at radius 3 is 1.31 bits per heavy atom. The zero-order valence-electron chi connectivity index (χ0n) is 46.2. The molecule has 0 spiro atoms. The number of para-hydroxylation sites is 2. The Hall–Kier alpha value is -3.26. The van der Waals surface area contributed by atoms with Crippen LogP contribution in [0.25, 0.3) is 0 Å².